The first-order valence-electron chi connectivity index (χ1n) is 5.59. The molecule has 0 aromatic heterocycles. The van der Waals surface area contributed by atoms with Gasteiger partial charge in [-0.2, -0.15) is 0 Å². The lowest BCUT2D eigenvalue weighted by atomic mass is 9.81. The van der Waals surface area contributed by atoms with Gasteiger partial charge in [0.2, 0.25) is 11.8 Å². The fourth-order valence-electron chi connectivity index (χ4n) is 2.23. The monoisotopic (exact) mass is 228 g/mol. The predicted molar refractivity (Wildman–Crippen MR) is 59.3 cm³/mol. The maximum atomic E-state index is 11.8. The first kappa shape index (κ1) is 13.0. The van der Waals surface area contributed by atoms with Crippen LogP contribution in [0, 0.1) is 11.3 Å². The number of carbonyl (C=O) groups excluding carboxylic acids is 2. The standard InChI is InChI=1S/C11H20N2O3/c1-11(2)5-3-4-7(11)10(16)13-6-8(14)9(12)15/h7-8,14H,3-6H2,1-2H3,(H2,12,15)(H,13,16). The Hall–Kier alpha value is -1.10. The Bertz CT molecular complexity index is 289. The van der Waals surface area contributed by atoms with Crippen LogP contribution in [-0.4, -0.2) is 29.6 Å². The minimum atomic E-state index is -1.30. The second-order valence-electron chi connectivity index (χ2n) is 5.10. The maximum Gasteiger partial charge on any atom is 0.248 e. The molecule has 0 heterocycles. The molecule has 0 aromatic rings. The lowest BCUT2D eigenvalue weighted by Gasteiger charge is -2.26. The van der Waals surface area contributed by atoms with Crippen molar-refractivity contribution in [3.63, 3.8) is 0 Å². The summed E-state index contributed by atoms with van der Waals surface area (Å²) in [4.78, 5) is 22.4. The van der Waals surface area contributed by atoms with Crippen LogP contribution in [0.1, 0.15) is 33.1 Å². The summed E-state index contributed by atoms with van der Waals surface area (Å²) in [5, 5.41) is 11.7. The van der Waals surface area contributed by atoms with Gasteiger partial charge in [-0.25, -0.2) is 0 Å². The van der Waals surface area contributed by atoms with Gasteiger partial charge in [-0.15, -0.1) is 0 Å². The molecule has 5 nitrogen and oxygen atoms in total. The number of aliphatic hydroxyl groups excluding tert-OH is 1. The van der Waals surface area contributed by atoms with Gasteiger partial charge in [-0.1, -0.05) is 20.3 Å². The van der Waals surface area contributed by atoms with Crippen molar-refractivity contribution in [2.45, 2.75) is 39.2 Å². The number of amides is 2. The molecule has 16 heavy (non-hydrogen) atoms. The maximum absolute atomic E-state index is 11.8. The van der Waals surface area contributed by atoms with E-state index < -0.39 is 12.0 Å². The number of aliphatic hydroxyl groups is 1. The lowest BCUT2D eigenvalue weighted by Crippen LogP contribution is -2.43. The number of hydrogen-bond donors (Lipinski definition) is 3. The van der Waals surface area contributed by atoms with Gasteiger partial charge in [0.05, 0.1) is 6.54 Å². The van der Waals surface area contributed by atoms with Crippen LogP contribution in [0.2, 0.25) is 0 Å². The summed E-state index contributed by atoms with van der Waals surface area (Å²) in [5.74, 6) is -0.943. The molecule has 4 N–H and O–H groups in total. The zero-order valence-electron chi connectivity index (χ0n) is 9.82. The highest BCUT2D eigenvalue weighted by atomic mass is 16.3. The Balaban J connectivity index is 2.44. The molecule has 1 fully saturated rings. The molecule has 2 unspecified atom stereocenters. The van der Waals surface area contributed by atoms with Crippen LogP contribution in [0.5, 0.6) is 0 Å². The van der Waals surface area contributed by atoms with Crippen LogP contribution in [0.25, 0.3) is 0 Å². The van der Waals surface area contributed by atoms with E-state index in [1.165, 1.54) is 0 Å². The molecule has 92 valence electrons. The Morgan fingerprint density at radius 2 is 2.19 bits per heavy atom. The molecular formula is C11H20N2O3. The fraction of sp³-hybridized carbons (Fsp3) is 0.818. The van der Waals surface area contributed by atoms with E-state index in [4.69, 9.17) is 10.8 Å². The molecule has 2 amide bonds. The molecular weight excluding hydrogens is 208 g/mol. The normalized spacial score (nSPS) is 25.1. The molecule has 1 rings (SSSR count). The van der Waals surface area contributed by atoms with Gasteiger partial charge < -0.3 is 16.2 Å². The second-order valence-corrected chi connectivity index (χ2v) is 5.10. The molecule has 2 atom stereocenters. The van der Waals surface area contributed by atoms with Crippen molar-refractivity contribution in [1.29, 1.82) is 0 Å². The van der Waals surface area contributed by atoms with Gasteiger partial charge in [0.25, 0.3) is 0 Å². The van der Waals surface area contributed by atoms with Crippen LogP contribution in [0.4, 0.5) is 0 Å². The first-order chi connectivity index (χ1) is 7.34. The summed E-state index contributed by atoms with van der Waals surface area (Å²) in [6, 6.07) is 0. The van der Waals surface area contributed by atoms with E-state index in [-0.39, 0.29) is 23.8 Å². The van der Waals surface area contributed by atoms with Crippen molar-refractivity contribution in [1.82, 2.24) is 5.32 Å². The van der Waals surface area contributed by atoms with Gasteiger partial charge in [-0.3, -0.25) is 9.59 Å². The molecule has 1 aliphatic carbocycles. The largest absolute Gasteiger partial charge is 0.381 e. The molecule has 0 radical (unpaired) electrons. The molecule has 0 saturated heterocycles. The number of nitrogens with one attached hydrogen (secondary N) is 1. The van der Waals surface area contributed by atoms with E-state index >= 15 is 0 Å². The first-order valence-corrected chi connectivity index (χ1v) is 5.59. The molecule has 1 aliphatic rings. The molecule has 5 heteroatoms. The summed E-state index contributed by atoms with van der Waals surface area (Å²) >= 11 is 0. The van der Waals surface area contributed by atoms with Crippen LogP contribution < -0.4 is 11.1 Å². The molecule has 1 saturated carbocycles. The Morgan fingerprint density at radius 1 is 1.56 bits per heavy atom. The van der Waals surface area contributed by atoms with Gasteiger partial charge in [0.15, 0.2) is 0 Å². The zero-order valence-corrected chi connectivity index (χ0v) is 9.82. The van der Waals surface area contributed by atoms with Gasteiger partial charge in [-0.05, 0) is 18.3 Å². The SMILES string of the molecule is CC1(C)CCCC1C(=O)NCC(O)C(N)=O. The second kappa shape index (κ2) is 4.82. The van der Waals surface area contributed by atoms with Gasteiger partial charge in [0, 0.05) is 5.92 Å². The number of rotatable bonds is 4. The van der Waals surface area contributed by atoms with Gasteiger partial charge in [0.1, 0.15) is 6.10 Å². The molecule has 0 aromatic carbocycles. The summed E-state index contributed by atoms with van der Waals surface area (Å²) in [6.07, 6.45) is 1.65. The Labute approximate surface area is 95.4 Å². The number of nitrogens with two attached hydrogens (primary N) is 1. The quantitative estimate of drug-likeness (QED) is 0.621. The smallest absolute Gasteiger partial charge is 0.248 e. The van der Waals surface area contributed by atoms with Crippen LogP contribution in [0.15, 0.2) is 0 Å². The minimum absolute atomic E-state index is 0.00175. The van der Waals surface area contributed by atoms with Crippen molar-refractivity contribution in [3.8, 4) is 0 Å². The summed E-state index contributed by atoms with van der Waals surface area (Å²) < 4.78 is 0. The highest BCUT2D eigenvalue weighted by Crippen LogP contribution is 2.42. The Kier molecular flexibility index (Phi) is 3.91. The average Bonchev–Trinajstić information content (AvgIpc) is 2.53. The average molecular weight is 228 g/mol. The summed E-state index contributed by atoms with van der Waals surface area (Å²) in [7, 11) is 0. The zero-order chi connectivity index (χ0) is 12.3. The molecule has 0 spiro atoms. The van der Waals surface area contributed by atoms with Crippen molar-refractivity contribution in [2.75, 3.05) is 6.54 Å². The highest BCUT2D eigenvalue weighted by Gasteiger charge is 2.39. The third kappa shape index (κ3) is 2.95. The van der Waals surface area contributed by atoms with Crippen molar-refractivity contribution in [2.24, 2.45) is 17.1 Å². The third-order valence-corrected chi connectivity index (χ3v) is 3.37. The summed E-state index contributed by atoms with van der Waals surface area (Å²) in [6.45, 7) is 4.03. The van der Waals surface area contributed by atoms with Crippen LogP contribution in [0.3, 0.4) is 0 Å². The van der Waals surface area contributed by atoms with Crippen LogP contribution in [-0.2, 0) is 9.59 Å². The van der Waals surface area contributed by atoms with E-state index in [1.54, 1.807) is 0 Å². The highest BCUT2D eigenvalue weighted by molar-refractivity contribution is 5.82. The molecule has 0 bridgehead atoms. The van der Waals surface area contributed by atoms with Crippen molar-refractivity contribution >= 4 is 11.8 Å². The topological polar surface area (TPSA) is 92.4 Å². The van der Waals surface area contributed by atoms with E-state index in [0.29, 0.717) is 0 Å². The van der Waals surface area contributed by atoms with Crippen molar-refractivity contribution < 1.29 is 14.7 Å². The predicted octanol–water partition coefficient (Wildman–Crippen LogP) is -0.225. The molecule has 0 aliphatic heterocycles. The van der Waals surface area contributed by atoms with E-state index in [1.807, 2.05) is 0 Å². The number of hydrogen-bond acceptors (Lipinski definition) is 3. The third-order valence-electron chi connectivity index (χ3n) is 3.37. The van der Waals surface area contributed by atoms with E-state index in [9.17, 15) is 9.59 Å². The van der Waals surface area contributed by atoms with Crippen molar-refractivity contribution in [3.05, 3.63) is 0 Å². The summed E-state index contributed by atoms with van der Waals surface area (Å²) in [5.41, 5.74) is 4.89. The minimum Gasteiger partial charge on any atom is -0.381 e. The fourth-order valence-corrected chi connectivity index (χ4v) is 2.23. The van der Waals surface area contributed by atoms with Gasteiger partial charge >= 0.3 is 0 Å². The van der Waals surface area contributed by atoms with E-state index in [0.717, 1.165) is 19.3 Å². The number of primary amides is 1. The Morgan fingerprint density at radius 3 is 2.62 bits per heavy atom. The lowest BCUT2D eigenvalue weighted by molar-refractivity contribution is -0.129. The van der Waals surface area contributed by atoms with Crippen LogP contribution >= 0.6 is 0 Å². The number of carbonyl (C=O) groups is 2. The van der Waals surface area contributed by atoms with E-state index in [2.05, 4.69) is 19.2 Å².